The first kappa shape index (κ1) is 13.0. The Morgan fingerprint density at radius 2 is 1.00 bits per heavy atom. The van der Waals surface area contributed by atoms with Gasteiger partial charge in [0.25, 0.3) is 0 Å². The lowest BCUT2D eigenvalue weighted by Gasteiger charge is -2.22. The molecule has 0 aliphatic carbocycles. The average Bonchev–Trinajstić information content (AvgIpc) is 2.43. The summed E-state index contributed by atoms with van der Waals surface area (Å²) >= 11 is 0. The van der Waals surface area contributed by atoms with Gasteiger partial charge in [-0.05, 0) is 47.2 Å². The molecule has 0 bridgehead atoms. The van der Waals surface area contributed by atoms with Gasteiger partial charge in [-0.2, -0.15) is 0 Å². The van der Waals surface area contributed by atoms with Crippen molar-refractivity contribution >= 4 is 0 Å². The minimum absolute atomic E-state index is 0.480. The maximum atomic E-state index is 5.98. The van der Waals surface area contributed by atoms with Crippen LogP contribution in [0, 0.1) is 0 Å². The molecular weight excluding hydrogens is 248 g/mol. The molecule has 3 rings (SSSR count). The first-order valence-corrected chi connectivity index (χ1v) is 7.18. The van der Waals surface area contributed by atoms with E-state index >= 15 is 0 Å². The van der Waals surface area contributed by atoms with Gasteiger partial charge in [0.1, 0.15) is 0 Å². The fraction of sp³-hybridized carbons (Fsp3) is 0.333. The predicted molar refractivity (Wildman–Crippen MR) is 81.2 cm³/mol. The third-order valence-electron chi connectivity index (χ3n) is 3.71. The summed E-state index contributed by atoms with van der Waals surface area (Å²) in [6.07, 6.45) is 0. The summed E-state index contributed by atoms with van der Waals surface area (Å²) in [6.45, 7) is 8.70. The molecule has 0 unspecified atom stereocenters. The van der Waals surface area contributed by atoms with Crippen molar-refractivity contribution in [3.63, 3.8) is 0 Å². The molecular formula is C18H20O2. The predicted octanol–water partition coefficient (Wildman–Crippen LogP) is 5.83. The largest absolute Gasteiger partial charge is 0.450 e. The average molecular weight is 268 g/mol. The minimum atomic E-state index is 0.480. The van der Waals surface area contributed by atoms with E-state index in [4.69, 9.17) is 9.47 Å². The van der Waals surface area contributed by atoms with Gasteiger partial charge < -0.3 is 9.47 Å². The topological polar surface area (TPSA) is 18.5 Å². The monoisotopic (exact) mass is 268 g/mol. The summed E-state index contributed by atoms with van der Waals surface area (Å²) < 4.78 is 12.0. The van der Waals surface area contributed by atoms with Crippen LogP contribution in [0.1, 0.15) is 50.7 Å². The Morgan fingerprint density at radius 3 is 1.35 bits per heavy atom. The van der Waals surface area contributed by atoms with E-state index in [2.05, 4.69) is 52.0 Å². The standard InChI is InChI=1S/C18H20O2/c1-11(2)13-5-7-15-17(9-13)19-16-8-6-14(12(3)4)10-18(16)20-15/h5-12H,1-4H3. The van der Waals surface area contributed by atoms with Gasteiger partial charge in [-0.3, -0.25) is 0 Å². The molecule has 0 radical (unpaired) electrons. The van der Waals surface area contributed by atoms with Crippen LogP contribution in [0.2, 0.25) is 0 Å². The normalized spacial score (nSPS) is 12.7. The van der Waals surface area contributed by atoms with Gasteiger partial charge in [0, 0.05) is 0 Å². The number of benzene rings is 2. The van der Waals surface area contributed by atoms with E-state index in [1.54, 1.807) is 0 Å². The van der Waals surface area contributed by atoms with Crippen LogP contribution in [0.5, 0.6) is 23.0 Å². The SMILES string of the molecule is CC(C)c1ccc2c(c1)Oc1ccc(C(C)C)cc1O2. The Labute approximate surface area is 120 Å². The molecule has 0 aromatic heterocycles. The van der Waals surface area contributed by atoms with E-state index in [1.165, 1.54) is 11.1 Å². The van der Waals surface area contributed by atoms with Crippen LogP contribution < -0.4 is 9.47 Å². The molecule has 2 heteroatoms. The van der Waals surface area contributed by atoms with E-state index in [-0.39, 0.29) is 0 Å². The first-order valence-electron chi connectivity index (χ1n) is 7.18. The maximum absolute atomic E-state index is 5.98. The molecule has 1 aliphatic heterocycles. The van der Waals surface area contributed by atoms with Crippen molar-refractivity contribution in [3.8, 4) is 23.0 Å². The highest BCUT2D eigenvalue weighted by Gasteiger charge is 2.20. The lowest BCUT2D eigenvalue weighted by molar-refractivity contribution is 0.358. The van der Waals surface area contributed by atoms with E-state index in [9.17, 15) is 0 Å². The molecule has 2 nitrogen and oxygen atoms in total. The Bertz CT molecular complexity index is 584. The van der Waals surface area contributed by atoms with E-state index in [0.717, 1.165) is 23.0 Å². The molecule has 104 valence electrons. The minimum Gasteiger partial charge on any atom is -0.450 e. The first-order chi connectivity index (χ1) is 9.54. The van der Waals surface area contributed by atoms with Gasteiger partial charge in [-0.25, -0.2) is 0 Å². The molecule has 20 heavy (non-hydrogen) atoms. The van der Waals surface area contributed by atoms with Crippen molar-refractivity contribution in [2.45, 2.75) is 39.5 Å². The zero-order valence-corrected chi connectivity index (χ0v) is 12.4. The molecule has 0 saturated heterocycles. The molecule has 1 aliphatic rings. The number of hydrogen-bond donors (Lipinski definition) is 0. The Hall–Kier alpha value is -1.96. The zero-order chi connectivity index (χ0) is 14.3. The van der Waals surface area contributed by atoms with Gasteiger partial charge in [0.05, 0.1) is 0 Å². The van der Waals surface area contributed by atoms with Crippen molar-refractivity contribution in [3.05, 3.63) is 47.5 Å². The Morgan fingerprint density at radius 1 is 0.600 bits per heavy atom. The summed E-state index contributed by atoms with van der Waals surface area (Å²) in [5.41, 5.74) is 2.52. The van der Waals surface area contributed by atoms with Crippen LogP contribution >= 0.6 is 0 Å². The van der Waals surface area contributed by atoms with Crippen LogP contribution in [0.15, 0.2) is 36.4 Å². The van der Waals surface area contributed by atoms with Gasteiger partial charge >= 0.3 is 0 Å². The second kappa shape index (κ2) is 4.86. The van der Waals surface area contributed by atoms with Crippen LogP contribution in [-0.2, 0) is 0 Å². The Balaban J connectivity index is 1.97. The molecule has 0 N–H and O–H groups in total. The van der Waals surface area contributed by atoms with Gasteiger partial charge in [-0.1, -0.05) is 39.8 Å². The molecule has 0 amide bonds. The van der Waals surface area contributed by atoms with Crippen molar-refractivity contribution in [2.75, 3.05) is 0 Å². The van der Waals surface area contributed by atoms with Crippen molar-refractivity contribution in [2.24, 2.45) is 0 Å². The molecule has 0 saturated carbocycles. The maximum Gasteiger partial charge on any atom is 0.170 e. The number of hydrogen-bond acceptors (Lipinski definition) is 2. The van der Waals surface area contributed by atoms with Crippen LogP contribution in [-0.4, -0.2) is 0 Å². The van der Waals surface area contributed by atoms with Crippen LogP contribution in [0.25, 0.3) is 0 Å². The second-order valence-corrected chi connectivity index (χ2v) is 5.93. The van der Waals surface area contributed by atoms with Gasteiger partial charge in [0.2, 0.25) is 0 Å². The molecule has 0 atom stereocenters. The molecule has 2 aromatic rings. The number of rotatable bonds is 2. The summed E-state index contributed by atoms with van der Waals surface area (Å²) in [4.78, 5) is 0. The van der Waals surface area contributed by atoms with E-state index < -0.39 is 0 Å². The Kier molecular flexibility index (Phi) is 3.17. The van der Waals surface area contributed by atoms with Crippen molar-refractivity contribution in [1.29, 1.82) is 0 Å². The number of fused-ring (bicyclic) bond motifs is 2. The molecule has 0 fully saturated rings. The fourth-order valence-electron chi connectivity index (χ4n) is 2.33. The fourth-order valence-corrected chi connectivity index (χ4v) is 2.33. The highest BCUT2D eigenvalue weighted by Crippen LogP contribution is 2.46. The summed E-state index contributed by atoms with van der Waals surface area (Å²) in [6, 6.07) is 12.3. The summed E-state index contributed by atoms with van der Waals surface area (Å²) in [5.74, 6) is 4.16. The number of ether oxygens (including phenoxy) is 2. The third-order valence-corrected chi connectivity index (χ3v) is 3.71. The third kappa shape index (κ3) is 2.26. The van der Waals surface area contributed by atoms with Crippen LogP contribution in [0.3, 0.4) is 0 Å². The van der Waals surface area contributed by atoms with Crippen molar-refractivity contribution < 1.29 is 9.47 Å². The second-order valence-electron chi connectivity index (χ2n) is 5.93. The highest BCUT2D eigenvalue weighted by molar-refractivity contribution is 5.56. The molecule has 2 aromatic carbocycles. The van der Waals surface area contributed by atoms with Crippen molar-refractivity contribution in [1.82, 2.24) is 0 Å². The zero-order valence-electron chi connectivity index (χ0n) is 12.4. The summed E-state index contributed by atoms with van der Waals surface area (Å²) in [7, 11) is 0. The van der Waals surface area contributed by atoms with Gasteiger partial charge in [-0.15, -0.1) is 0 Å². The molecule has 1 heterocycles. The van der Waals surface area contributed by atoms with E-state index in [0.29, 0.717) is 11.8 Å². The van der Waals surface area contributed by atoms with Gasteiger partial charge in [0.15, 0.2) is 23.0 Å². The van der Waals surface area contributed by atoms with E-state index in [1.807, 2.05) is 12.1 Å². The molecule has 0 spiro atoms. The lowest BCUT2D eigenvalue weighted by Crippen LogP contribution is -2.01. The van der Waals surface area contributed by atoms with Crippen LogP contribution in [0.4, 0.5) is 0 Å². The highest BCUT2D eigenvalue weighted by atomic mass is 16.6. The quantitative estimate of drug-likeness (QED) is 0.582. The smallest absolute Gasteiger partial charge is 0.170 e. The summed E-state index contributed by atoms with van der Waals surface area (Å²) in [5, 5.41) is 0. The lowest BCUT2D eigenvalue weighted by atomic mass is 10.0.